The van der Waals surface area contributed by atoms with E-state index in [-0.39, 0.29) is 18.2 Å². The Hall–Kier alpha value is -2.37. The molecule has 0 radical (unpaired) electrons. The van der Waals surface area contributed by atoms with Crippen molar-refractivity contribution >= 4 is 17.8 Å². The molecular weight excluding hydrogens is 258 g/mol. The molecule has 2 rings (SSSR count). The van der Waals surface area contributed by atoms with E-state index in [9.17, 15) is 14.4 Å². The van der Waals surface area contributed by atoms with Gasteiger partial charge in [-0.2, -0.15) is 0 Å². The zero-order chi connectivity index (χ0) is 14.4. The van der Waals surface area contributed by atoms with E-state index in [1.807, 2.05) is 30.3 Å². The summed E-state index contributed by atoms with van der Waals surface area (Å²) in [5.41, 5.74) is 1.16. The smallest absolute Gasteiger partial charge is 0.322 e. The number of benzene rings is 1. The number of hydrogen-bond donors (Lipinski definition) is 3. The second-order valence-electron chi connectivity index (χ2n) is 4.64. The van der Waals surface area contributed by atoms with E-state index < -0.39 is 12.1 Å². The average molecular weight is 275 g/mol. The van der Waals surface area contributed by atoms with Gasteiger partial charge in [0.1, 0.15) is 6.04 Å². The highest BCUT2D eigenvalue weighted by Crippen LogP contribution is 2.03. The third kappa shape index (κ3) is 4.08. The van der Waals surface area contributed by atoms with E-state index >= 15 is 0 Å². The van der Waals surface area contributed by atoms with Crippen molar-refractivity contribution in [2.75, 3.05) is 6.54 Å². The lowest BCUT2D eigenvalue weighted by molar-refractivity contribution is -0.122. The maximum absolute atomic E-state index is 11.6. The minimum atomic E-state index is -0.595. The van der Waals surface area contributed by atoms with Crippen molar-refractivity contribution in [1.29, 1.82) is 0 Å². The van der Waals surface area contributed by atoms with Crippen LogP contribution in [0.15, 0.2) is 30.3 Å². The summed E-state index contributed by atoms with van der Waals surface area (Å²) in [6.45, 7) is 0.562. The van der Waals surface area contributed by atoms with Crippen molar-refractivity contribution in [3.8, 4) is 0 Å². The summed E-state index contributed by atoms with van der Waals surface area (Å²) in [6, 6.07) is 8.78. The summed E-state index contributed by atoms with van der Waals surface area (Å²) in [5.74, 6) is -0.484. The fourth-order valence-corrected chi connectivity index (χ4v) is 2.02. The fraction of sp³-hybridized carbons (Fsp3) is 0.357. The van der Waals surface area contributed by atoms with Crippen molar-refractivity contribution in [1.82, 2.24) is 16.0 Å². The van der Waals surface area contributed by atoms with Gasteiger partial charge in [-0.25, -0.2) is 4.79 Å². The summed E-state index contributed by atoms with van der Waals surface area (Å²) < 4.78 is 0. The minimum Gasteiger partial charge on any atom is -0.356 e. The molecule has 0 saturated carbocycles. The number of rotatable bonds is 6. The van der Waals surface area contributed by atoms with Gasteiger partial charge in [-0.1, -0.05) is 30.3 Å². The van der Waals surface area contributed by atoms with Crippen LogP contribution in [0.4, 0.5) is 4.79 Å². The standard InChI is InChI=1S/C14H17N3O3/c18-12(7-6-11-13(19)17-14(20)16-11)15-9-8-10-4-2-1-3-5-10/h1-5,11H,6-9H2,(H,15,18)(H2,16,17,19,20). The maximum atomic E-state index is 11.6. The topological polar surface area (TPSA) is 87.3 Å². The van der Waals surface area contributed by atoms with Gasteiger partial charge in [0.05, 0.1) is 0 Å². The second-order valence-corrected chi connectivity index (χ2v) is 4.64. The van der Waals surface area contributed by atoms with E-state index in [1.165, 1.54) is 0 Å². The van der Waals surface area contributed by atoms with Crippen LogP contribution in [0.25, 0.3) is 0 Å². The van der Waals surface area contributed by atoms with Crippen molar-refractivity contribution < 1.29 is 14.4 Å². The Morgan fingerprint density at radius 2 is 1.95 bits per heavy atom. The van der Waals surface area contributed by atoms with Crippen LogP contribution in [0.3, 0.4) is 0 Å². The Balaban J connectivity index is 1.63. The van der Waals surface area contributed by atoms with E-state index in [0.717, 1.165) is 12.0 Å². The van der Waals surface area contributed by atoms with Gasteiger partial charge in [0.25, 0.3) is 5.91 Å². The number of nitrogens with one attached hydrogen (secondary N) is 3. The molecule has 20 heavy (non-hydrogen) atoms. The van der Waals surface area contributed by atoms with E-state index in [2.05, 4.69) is 16.0 Å². The zero-order valence-electron chi connectivity index (χ0n) is 11.0. The Kier molecular flexibility index (Phi) is 4.70. The molecule has 6 nitrogen and oxygen atoms in total. The molecule has 0 aliphatic carbocycles. The first-order chi connectivity index (χ1) is 9.65. The summed E-state index contributed by atoms with van der Waals surface area (Å²) >= 11 is 0. The summed E-state index contributed by atoms with van der Waals surface area (Å²) in [4.78, 5) is 33.8. The zero-order valence-corrected chi connectivity index (χ0v) is 11.0. The summed E-state index contributed by atoms with van der Waals surface area (Å²) in [5, 5.41) is 7.39. The average Bonchev–Trinajstić information content (AvgIpc) is 2.76. The predicted molar refractivity (Wildman–Crippen MR) is 72.9 cm³/mol. The number of amides is 4. The molecule has 4 amide bonds. The summed E-state index contributed by atoms with van der Waals surface area (Å²) in [6.07, 6.45) is 1.30. The molecule has 1 heterocycles. The lowest BCUT2D eigenvalue weighted by Crippen LogP contribution is -2.32. The third-order valence-electron chi connectivity index (χ3n) is 3.10. The van der Waals surface area contributed by atoms with Crippen molar-refractivity contribution in [2.24, 2.45) is 0 Å². The molecule has 1 aliphatic rings. The molecule has 1 aromatic carbocycles. The van der Waals surface area contributed by atoms with Crippen LogP contribution >= 0.6 is 0 Å². The van der Waals surface area contributed by atoms with Gasteiger partial charge in [-0.05, 0) is 18.4 Å². The van der Waals surface area contributed by atoms with Crippen LogP contribution in [0.1, 0.15) is 18.4 Å². The molecule has 1 aromatic rings. The SMILES string of the molecule is O=C(CCC1NC(=O)NC1=O)NCCc1ccccc1. The highest BCUT2D eigenvalue weighted by Gasteiger charge is 2.29. The second kappa shape index (κ2) is 6.70. The van der Waals surface area contributed by atoms with Crippen molar-refractivity contribution in [3.05, 3.63) is 35.9 Å². The highest BCUT2D eigenvalue weighted by molar-refractivity contribution is 6.04. The maximum Gasteiger partial charge on any atom is 0.322 e. The molecular formula is C14H17N3O3. The normalized spacial score (nSPS) is 17.5. The highest BCUT2D eigenvalue weighted by atomic mass is 16.2. The fourth-order valence-electron chi connectivity index (χ4n) is 2.02. The van der Waals surface area contributed by atoms with Crippen molar-refractivity contribution in [2.45, 2.75) is 25.3 Å². The molecule has 1 saturated heterocycles. The Morgan fingerprint density at radius 1 is 1.20 bits per heavy atom. The molecule has 106 valence electrons. The van der Waals surface area contributed by atoms with Gasteiger partial charge >= 0.3 is 6.03 Å². The lowest BCUT2D eigenvalue weighted by atomic mass is 10.1. The van der Waals surface area contributed by atoms with E-state index in [1.54, 1.807) is 0 Å². The summed E-state index contributed by atoms with van der Waals surface area (Å²) in [7, 11) is 0. The number of imide groups is 1. The Morgan fingerprint density at radius 3 is 2.60 bits per heavy atom. The van der Waals surface area contributed by atoms with Crippen LogP contribution in [-0.4, -0.2) is 30.4 Å². The van der Waals surface area contributed by atoms with Crippen LogP contribution in [0.2, 0.25) is 0 Å². The molecule has 1 aliphatic heterocycles. The first-order valence-corrected chi connectivity index (χ1v) is 6.57. The number of urea groups is 1. The molecule has 6 heteroatoms. The van der Waals surface area contributed by atoms with E-state index in [4.69, 9.17) is 0 Å². The van der Waals surface area contributed by atoms with Crippen LogP contribution in [0, 0.1) is 0 Å². The molecule has 3 N–H and O–H groups in total. The number of hydrogen-bond acceptors (Lipinski definition) is 3. The van der Waals surface area contributed by atoms with Gasteiger partial charge in [0, 0.05) is 13.0 Å². The quantitative estimate of drug-likeness (QED) is 0.654. The van der Waals surface area contributed by atoms with Gasteiger partial charge in [-0.3, -0.25) is 14.9 Å². The molecule has 0 aromatic heterocycles. The lowest BCUT2D eigenvalue weighted by Gasteiger charge is -2.08. The third-order valence-corrected chi connectivity index (χ3v) is 3.10. The number of carbonyl (C=O) groups excluding carboxylic acids is 3. The molecule has 1 fully saturated rings. The van der Waals surface area contributed by atoms with Crippen LogP contribution < -0.4 is 16.0 Å². The first kappa shape index (κ1) is 14.0. The van der Waals surface area contributed by atoms with Gasteiger partial charge in [0.2, 0.25) is 5.91 Å². The number of carbonyl (C=O) groups is 3. The van der Waals surface area contributed by atoms with Crippen molar-refractivity contribution in [3.63, 3.8) is 0 Å². The molecule has 0 spiro atoms. The van der Waals surface area contributed by atoms with Crippen LogP contribution in [-0.2, 0) is 16.0 Å². The Labute approximate surface area is 116 Å². The predicted octanol–water partition coefficient (Wildman–Crippen LogP) is 0.334. The van der Waals surface area contributed by atoms with Gasteiger partial charge in [-0.15, -0.1) is 0 Å². The minimum absolute atomic E-state index is 0.116. The monoisotopic (exact) mass is 275 g/mol. The molecule has 1 unspecified atom stereocenters. The van der Waals surface area contributed by atoms with E-state index in [0.29, 0.717) is 13.0 Å². The molecule has 0 bridgehead atoms. The van der Waals surface area contributed by atoms with Gasteiger partial charge in [0.15, 0.2) is 0 Å². The Bertz CT molecular complexity index is 502. The molecule has 1 atom stereocenters. The first-order valence-electron chi connectivity index (χ1n) is 6.57. The largest absolute Gasteiger partial charge is 0.356 e. The van der Waals surface area contributed by atoms with Gasteiger partial charge < -0.3 is 10.6 Å². The van der Waals surface area contributed by atoms with Crippen LogP contribution in [0.5, 0.6) is 0 Å².